The molecule has 0 saturated heterocycles. The Morgan fingerprint density at radius 3 is 1.97 bits per heavy atom. The highest BCUT2D eigenvalue weighted by Crippen LogP contribution is 2.23. The lowest BCUT2D eigenvalue weighted by molar-refractivity contribution is -0.140. The van der Waals surface area contributed by atoms with Crippen LogP contribution in [0.3, 0.4) is 0 Å². The van der Waals surface area contributed by atoms with Gasteiger partial charge in [-0.1, -0.05) is 51.5 Å². The topological polar surface area (TPSA) is 113 Å². The number of aliphatic carboxylic acids is 1. The Morgan fingerprint density at radius 2 is 1.50 bits per heavy atom. The first-order valence-electron chi connectivity index (χ1n) is 9.89. The van der Waals surface area contributed by atoms with Gasteiger partial charge in [0, 0.05) is 12.1 Å². The fraction of sp³-hybridized carbons (Fsp3) is 0.364. The minimum absolute atomic E-state index is 0.00189. The van der Waals surface area contributed by atoms with Crippen molar-refractivity contribution in [3.05, 3.63) is 48.5 Å². The highest BCUT2D eigenvalue weighted by atomic mass is 32.2. The number of amides is 1. The van der Waals surface area contributed by atoms with Crippen molar-refractivity contribution in [1.82, 2.24) is 4.72 Å². The number of rotatable bonds is 10. The number of benzene rings is 2. The Balaban J connectivity index is 2.11. The smallest absolute Gasteiger partial charge is 0.322 e. The van der Waals surface area contributed by atoms with Crippen LogP contribution in [0.25, 0.3) is 11.1 Å². The Labute approximate surface area is 177 Å². The van der Waals surface area contributed by atoms with E-state index in [-0.39, 0.29) is 10.8 Å². The summed E-state index contributed by atoms with van der Waals surface area (Å²) in [7, 11) is -3.95. The predicted octanol–water partition coefficient (Wildman–Crippen LogP) is 3.87. The molecule has 3 N–H and O–H groups in total. The van der Waals surface area contributed by atoms with Crippen LogP contribution in [0.15, 0.2) is 53.4 Å². The van der Waals surface area contributed by atoms with Crippen molar-refractivity contribution in [2.45, 2.75) is 51.0 Å². The fourth-order valence-corrected chi connectivity index (χ4v) is 4.18. The van der Waals surface area contributed by atoms with Gasteiger partial charge in [0.25, 0.3) is 0 Å². The number of nitrogens with one attached hydrogen (secondary N) is 2. The summed E-state index contributed by atoms with van der Waals surface area (Å²) in [6, 6.07) is 12.3. The molecule has 0 heterocycles. The number of hydrogen-bond acceptors (Lipinski definition) is 4. The summed E-state index contributed by atoms with van der Waals surface area (Å²) in [5.74, 6) is -1.63. The largest absolute Gasteiger partial charge is 0.480 e. The summed E-state index contributed by atoms with van der Waals surface area (Å²) < 4.78 is 27.3. The average molecular weight is 433 g/mol. The molecule has 1 atom stereocenters. The summed E-state index contributed by atoms with van der Waals surface area (Å²) in [6.07, 6.45) is 2.29. The van der Waals surface area contributed by atoms with Gasteiger partial charge in [-0.2, -0.15) is 4.72 Å². The van der Waals surface area contributed by atoms with Crippen LogP contribution in [0.1, 0.15) is 40.0 Å². The quantitative estimate of drug-likeness (QED) is 0.527. The van der Waals surface area contributed by atoms with Gasteiger partial charge in [-0.05, 0) is 47.7 Å². The van der Waals surface area contributed by atoms with E-state index >= 15 is 0 Å². The minimum Gasteiger partial charge on any atom is -0.480 e. The Morgan fingerprint density at radius 1 is 0.967 bits per heavy atom. The van der Waals surface area contributed by atoms with Crippen LogP contribution in [0.4, 0.5) is 5.69 Å². The molecular weight excluding hydrogens is 404 g/mol. The standard InChI is InChI=1S/C22H28N2O5S/c1-4-5-6-20(25)23-18-11-7-16(8-12-18)17-9-13-19(14-10-17)30(28,29)24-21(15(2)3)22(26)27/h7-15,21,24H,4-6H2,1-3H3,(H,23,25)(H,26,27)/t21-/m0/s1. The molecule has 0 aliphatic carbocycles. The third kappa shape index (κ3) is 6.40. The molecule has 0 radical (unpaired) electrons. The first-order chi connectivity index (χ1) is 14.1. The predicted molar refractivity (Wildman–Crippen MR) is 117 cm³/mol. The van der Waals surface area contributed by atoms with Crippen LogP contribution < -0.4 is 10.0 Å². The van der Waals surface area contributed by atoms with Crippen molar-refractivity contribution in [1.29, 1.82) is 0 Å². The molecule has 0 bridgehead atoms. The van der Waals surface area contributed by atoms with Crippen molar-refractivity contribution < 1.29 is 23.1 Å². The molecule has 2 aromatic carbocycles. The first kappa shape index (κ1) is 23.6. The van der Waals surface area contributed by atoms with Gasteiger partial charge < -0.3 is 10.4 Å². The van der Waals surface area contributed by atoms with Crippen molar-refractivity contribution >= 4 is 27.6 Å². The number of sulfonamides is 1. The van der Waals surface area contributed by atoms with E-state index in [4.69, 9.17) is 0 Å². The average Bonchev–Trinajstić information content (AvgIpc) is 2.71. The minimum atomic E-state index is -3.95. The Bertz CT molecular complexity index is 968. The van der Waals surface area contributed by atoms with Gasteiger partial charge in [0.15, 0.2) is 0 Å². The number of anilines is 1. The van der Waals surface area contributed by atoms with Gasteiger partial charge in [-0.25, -0.2) is 8.42 Å². The molecule has 0 aliphatic heterocycles. The molecule has 8 heteroatoms. The molecule has 0 spiro atoms. The van der Waals surface area contributed by atoms with E-state index < -0.39 is 28.0 Å². The van der Waals surface area contributed by atoms with E-state index in [2.05, 4.69) is 10.0 Å². The monoisotopic (exact) mass is 432 g/mol. The van der Waals surface area contributed by atoms with Crippen LogP contribution >= 0.6 is 0 Å². The van der Waals surface area contributed by atoms with Crippen LogP contribution in [0.5, 0.6) is 0 Å². The Kier molecular flexibility index (Phi) is 8.14. The third-order valence-electron chi connectivity index (χ3n) is 4.64. The van der Waals surface area contributed by atoms with Gasteiger partial charge in [-0.15, -0.1) is 0 Å². The summed E-state index contributed by atoms with van der Waals surface area (Å²) in [5, 5.41) is 12.1. The van der Waals surface area contributed by atoms with Gasteiger partial charge in [0.05, 0.1) is 4.90 Å². The number of carboxylic acid groups (broad SMARTS) is 1. The van der Waals surface area contributed by atoms with Crippen LogP contribution in [-0.4, -0.2) is 31.4 Å². The molecule has 0 fully saturated rings. The lowest BCUT2D eigenvalue weighted by Crippen LogP contribution is -2.44. The summed E-state index contributed by atoms with van der Waals surface area (Å²) in [4.78, 5) is 23.1. The molecule has 1 amide bonds. The maximum Gasteiger partial charge on any atom is 0.322 e. The van der Waals surface area contributed by atoms with Gasteiger partial charge >= 0.3 is 5.97 Å². The first-order valence-corrected chi connectivity index (χ1v) is 11.4. The van der Waals surface area contributed by atoms with Crippen molar-refractivity contribution in [2.75, 3.05) is 5.32 Å². The fourth-order valence-electron chi connectivity index (χ4n) is 2.84. The number of hydrogen-bond donors (Lipinski definition) is 3. The van der Waals surface area contributed by atoms with Crippen molar-refractivity contribution in [2.24, 2.45) is 5.92 Å². The lowest BCUT2D eigenvalue weighted by atomic mass is 10.1. The number of carbonyl (C=O) groups excluding carboxylic acids is 1. The zero-order valence-corrected chi connectivity index (χ0v) is 18.2. The third-order valence-corrected chi connectivity index (χ3v) is 6.10. The van der Waals surface area contributed by atoms with Crippen molar-refractivity contribution in [3.63, 3.8) is 0 Å². The van der Waals surface area contributed by atoms with Crippen LogP contribution in [0.2, 0.25) is 0 Å². The second-order valence-electron chi connectivity index (χ2n) is 7.43. The molecule has 7 nitrogen and oxygen atoms in total. The van der Waals surface area contributed by atoms with E-state index in [0.717, 1.165) is 24.0 Å². The van der Waals surface area contributed by atoms with E-state index in [9.17, 15) is 23.1 Å². The molecule has 2 aromatic rings. The van der Waals surface area contributed by atoms with Crippen LogP contribution in [-0.2, 0) is 19.6 Å². The molecular formula is C22H28N2O5S. The molecule has 0 saturated carbocycles. The van der Waals surface area contributed by atoms with Crippen LogP contribution in [0, 0.1) is 5.92 Å². The molecule has 162 valence electrons. The molecule has 30 heavy (non-hydrogen) atoms. The normalized spacial score (nSPS) is 12.5. The maximum absolute atomic E-state index is 12.5. The number of unbranched alkanes of at least 4 members (excludes halogenated alkanes) is 1. The number of carbonyl (C=O) groups is 2. The highest BCUT2D eigenvalue weighted by molar-refractivity contribution is 7.89. The van der Waals surface area contributed by atoms with Gasteiger partial charge in [0.2, 0.25) is 15.9 Å². The van der Waals surface area contributed by atoms with E-state index in [1.54, 1.807) is 38.1 Å². The van der Waals surface area contributed by atoms with Crippen molar-refractivity contribution in [3.8, 4) is 11.1 Å². The zero-order chi connectivity index (χ0) is 22.3. The molecule has 2 rings (SSSR count). The number of carboxylic acids is 1. The SMILES string of the molecule is CCCCC(=O)Nc1ccc(-c2ccc(S(=O)(=O)N[C@H](C(=O)O)C(C)C)cc2)cc1. The van der Waals surface area contributed by atoms with E-state index in [1.807, 2.05) is 19.1 Å². The highest BCUT2D eigenvalue weighted by Gasteiger charge is 2.27. The van der Waals surface area contributed by atoms with Gasteiger partial charge in [0.1, 0.15) is 6.04 Å². The Hall–Kier alpha value is -2.71. The van der Waals surface area contributed by atoms with Gasteiger partial charge in [-0.3, -0.25) is 9.59 Å². The van der Waals surface area contributed by atoms with E-state index in [0.29, 0.717) is 12.1 Å². The molecule has 0 unspecified atom stereocenters. The lowest BCUT2D eigenvalue weighted by Gasteiger charge is -2.18. The molecule has 0 aromatic heterocycles. The maximum atomic E-state index is 12.5. The summed E-state index contributed by atoms with van der Waals surface area (Å²) in [5.41, 5.74) is 2.37. The second kappa shape index (κ2) is 10.4. The van der Waals surface area contributed by atoms with E-state index in [1.165, 1.54) is 12.1 Å². The zero-order valence-electron chi connectivity index (χ0n) is 17.4. The molecule has 0 aliphatic rings. The summed E-state index contributed by atoms with van der Waals surface area (Å²) in [6.45, 7) is 5.31. The second-order valence-corrected chi connectivity index (χ2v) is 9.15. The summed E-state index contributed by atoms with van der Waals surface area (Å²) >= 11 is 0.